The first-order chi connectivity index (χ1) is 10.1. The van der Waals surface area contributed by atoms with Crippen LogP contribution < -0.4 is 10.2 Å². The molecule has 1 atom stereocenters. The Bertz CT molecular complexity index is 688. The van der Waals surface area contributed by atoms with E-state index in [9.17, 15) is 9.59 Å². The van der Waals surface area contributed by atoms with Crippen molar-refractivity contribution in [3.63, 3.8) is 0 Å². The van der Waals surface area contributed by atoms with Gasteiger partial charge in [0.2, 0.25) is 0 Å². The van der Waals surface area contributed by atoms with Gasteiger partial charge < -0.3 is 5.32 Å². The molecule has 1 aliphatic rings. The van der Waals surface area contributed by atoms with Crippen LogP contribution in [0.3, 0.4) is 0 Å². The molecule has 1 saturated heterocycles. The summed E-state index contributed by atoms with van der Waals surface area (Å²) in [5.74, 6) is -0.237. The summed E-state index contributed by atoms with van der Waals surface area (Å²) in [6.07, 6.45) is 0. The maximum atomic E-state index is 12.5. The number of carbonyl (C=O) groups excluding carboxylic acids is 2. The Kier molecular flexibility index (Phi) is 3.66. The zero-order valence-corrected chi connectivity index (χ0v) is 12.3. The van der Waals surface area contributed by atoms with Crippen LogP contribution in [0.4, 0.5) is 16.2 Å². The molecule has 1 aliphatic heterocycles. The molecule has 21 heavy (non-hydrogen) atoms. The van der Waals surface area contributed by atoms with E-state index in [2.05, 4.69) is 5.32 Å². The largest absolute Gasteiger partial charge is 0.365 e. The molecule has 3 rings (SSSR count). The van der Waals surface area contributed by atoms with E-state index in [-0.39, 0.29) is 11.1 Å². The second-order valence-corrected chi connectivity index (χ2v) is 5.84. The van der Waals surface area contributed by atoms with Crippen molar-refractivity contribution >= 4 is 34.3 Å². The molecule has 5 heteroatoms. The number of hydrogen-bond acceptors (Lipinski definition) is 4. The van der Waals surface area contributed by atoms with Gasteiger partial charge in [0.1, 0.15) is 0 Å². The quantitative estimate of drug-likeness (QED) is 0.940. The van der Waals surface area contributed by atoms with E-state index in [4.69, 9.17) is 0 Å². The van der Waals surface area contributed by atoms with Crippen LogP contribution in [0.15, 0.2) is 54.6 Å². The van der Waals surface area contributed by atoms with Crippen LogP contribution in [0.5, 0.6) is 0 Å². The average molecular weight is 298 g/mol. The van der Waals surface area contributed by atoms with Crippen LogP contribution in [0, 0.1) is 6.92 Å². The van der Waals surface area contributed by atoms with Crippen molar-refractivity contribution in [3.05, 3.63) is 60.2 Å². The molecular weight excluding hydrogens is 284 g/mol. The lowest BCUT2D eigenvalue weighted by Gasteiger charge is -2.15. The first-order valence-electron chi connectivity index (χ1n) is 6.58. The summed E-state index contributed by atoms with van der Waals surface area (Å²) in [5.41, 5.74) is 2.45. The Morgan fingerprint density at radius 3 is 2.52 bits per heavy atom. The van der Waals surface area contributed by atoms with Crippen molar-refractivity contribution in [2.45, 2.75) is 12.3 Å². The molecule has 0 saturated carbocycles. The summed E-state index contributed by atoms with van der Waals surface area (Å²) in [6.45, 7) is 1.93. The number of hydrogen-bond donors (Lipinski definition) is 1. The molecule has 1 unspecified atom stereocenters. The van der Waals surface area contributed by atoms with E-state index >= 15 is 0 Å². The molecule has 0 spiro atoms. The smallest absolute Gasteiger partial charge is 0.295 e. The summed E-state index contributed by atoms with van der Waals surface area (Å²) >= 11 is 1.00. The fraction of sp³-hybridized carbons (Fsp3) is 0.125. The highest BCUT2D eigenvalue weighted by Gasteiger charge is 2.40. The fourth-order valence-corrected chi connectivity index (χ4v) is 3.09. The Morgan fingerprint density at radius 2 is 1.81 bits per heavy atom. The van der Waals surface area contributed by atoms with Crippen molar-refractivity contribution in [3.8, 4) is 0 Å². The van der Waals surface area contributed by atoms with Gasteiger partial charge in [0, 0.05) is 5.69 Å². The third kappa shape index (κ3) is 2.78. The minimum absolute atomic E-state index is 0.237. The number of amides is 2. The molecule has 1 N–H and O–H groups in total. The summed E-state index contributed by atoms with van der Waals surface area (Å²) in [5, 5.41) is 2.25. The topological polar surface area (TPSA) is 49.4 Å². The van der Waals surface area contributed by atoms with E-state index in [0.29, 0.717) is 5.69 Å². The van der Waals surface area contributed by atoms with Gasteiger partial charge in [-0.2, -0.15) is 0 Å². The molecule has 0 aliphatic carbocycles. The lowest BCUT2D eigenvalue weighted by molar-refractivity contribution is -0.116. The fourth-order valence-electron chi connectivity index (χ4n) is 2.19. The highest BCUT2D eigenvalue weighted by molar-refractivity contribution is 8.16. The summed E-state index contributed by atoms with van der Waals surface area (Å²) in [4.78, 5) is 25.8. The first kappa shape index (κ1) is 13.7. The number of nitrogens with one attached hydrogen (secondary N) is 1. The van der Waals surface area contributed by atoms with Gasteiger partial charge in [0.05, 0.1) is 5.69 Å². The Balaban J connectivity index is 1.82. The van der Waals surface area contributed by atoms with E-state index < -0.39 is 5.37 Å². The lowest BCUT2D eigenvalue weighted by atomic mass is 10.2. The number of thioether (sulfide) groups is 1. The Labute approximate surface area is 127 Å². The van der Waals surface area contributed by atoms with Crippen LogP contribution in [-0.4, -0.2) is 16.5 Å². The summed E-state index contributed by atoms with van der Waals surface area (Å²) < 4.78 is 0. The number of rotatable bonds is 3. The standard InChI is InChI=1S/C16H14N2O2S/c1-11-6-5-9-13(10-11)18-15(19)14(21-16(18)20)17-12-7-3-2-4-8-12/h2-10,14,17H,1H3. The van der Waals surface area contributed by atoms with E-state index in [0.717, 1.165) is 23.0 Å². The van der Waals surface area contributed by atoms with Crippen LogP contribution in [-0.2, 0) is 4.79 Å². The normalized spacial score (nSPS) is 18.1. The van der Waals surface area contributed by atoms with Crippen molar-refractivity contribution in [1.82, 2.24) is 0 Å². The van der Waals surface area contributed by atoms with Gasteiger partial charge in [-0.05, 0) is 48.5 Å². The molecule has 106 valence electrons. The zero-order chi connectivity index (χ0) is 14.8. The monoisotopic (exact) mass is 298 g/mol. The van der Waals surface area contributed by atoms with Gasteiger partial charge in [0.25, 0.3) is 11.1 Å². The van der Waals surface area contributed by atoms with Crippen LogP contribution >= 0.6 is 11.8 Å². The predicted molar refractivity (Wildman–Crippen MR) is 85.5 cm³/mol. The molecule has 2 amide bonds. The van der Waals surface area contributed by atoms with E-state index in [1.165, 1.54) is 4.90 Å². The van der Waals surface area contributed by atoms with Crippen LogP contribution in [0.2, 0.25) is 0 Å². The molecular formula is C16H14N2O2S. The Hall–Kier alpha value is -2.27. The van der Waals surface area contributed by atoms with Crippen molar-refractivity contribution in [2.75, 3.05) is 10.2 Å². The number of anilines is 2. The van der Waals surface area contributed by atoms with Gasteiger partial charge in [-0.15, -0.1) is 0 Å². The molecule has 1 heterocycles. The lowest BCUT2D eigenvalue weighted by Crippen LogP contribution is -2.34. The first-order valence-corrected chi connectivity index (χ1v) is 7.46. The molecule has 1 fully saturated rings. The van der Waals surface area contributed by atoms with E-state index in [1.54, 1.807) is 6.07 Å². The highest BCUT2D eigenvalue weighted by atomic mass is 32.2. The van der Waals surface area contributed by atoms with E-state index in [1.807, 2.05) is 55.5 Å². The van der Waals surface area contributed by atoms with Gasteiger partial charge >= 0.3 is 0 Å². The Morgan fingerprint density at radius 1 is 1.05 bits per heavy atom. The number of nitrogens with zero attached hydrogens (tertiary/aromatic N) is 1. The predicted octanol–water partition coefficient (Wildman–Crippen LogP) is 3.63. The SMILES string of the molecule is Cc1cccc(N2C(=O)SC(Nc3ccccc3)C2=O)c1. The number of benzene rings is 2. The van der Waals surface area contributed by atoms with Crippen molar-refractivity contribution < 1.29 is 9.59 Å². The van der Waals surface area contributed by atoms with Crippen molar-refractivity contribution in [1.29, 1.82) is 0 Å². The third-order valence-electron chi connectivity index (χ3n) is 3.18. The van der Waals surface area contributed by atoms with Gasteiger partial charge in [-0.1, -0.05) is 30.3 Å². The minimum Gasteiger partial charge on any atom is -0.365 e. The van der Waals surface area contributed by atoms with Gasteiger partial charge in [-0.25, -0.2) is 4.90 Å². The number of carbonyl (C=O) groups is 2. The summed E-state index contributed by atoms with van der Waals surface area (Å²) in [6, 6.07) is 16.8. The average Bonchev–Trinajstić information content (AvgIpc) is 2.74. The third-order valence-corrected chi connectivity index (χ3v) is 4.12. The molecule has 0 bridgehead atoms. The minimum atomic E-state index is -0.583. The zero-order valence-electron chi connectivity index (χ0n) is 11.4. The number of aryl methyl sites for hydroxylation is 1. The van der Waals surface area contributed by atoms with Crippen LogP contribution in [0.25, 0.3) is 0 Å². The highest BCUT2D eigenvalue weighted by Crippen LogP contribution is 2.32. The second-order valence-electron chi connectivity index (χ2n) is 4.79. The maximum absolute atomic E-state index is 12.5. The van der Waals surface area contributed by atoms with Gasteiger partial charge in [0.15, 0.2) is 5.37 Å². The second kappa shape index (κ2) is 5.61. The van der Waals surface area contributed by atoms with Crippen LogP contribution in [0.1, 0.15) is 5.56 Å². The van der Waals surface area contributed by atoms with Crippen molar-refractivity contribution in [2.24, 2.45) is 0 Å². The number of imide groups is 1. The molecule has 2 aromatic rings. The molecule has 0 radical (unpaired) electrons. The summed E-state index contributed by atoms with van der Waals surface area (Å²) in [7, 11) is 0. The number of para-hydroxylation sites is 1. The van der Waals surface area contributed by atoms with Gasteiger partial charge in [-0.3, -0.25) is 9.59 Å². The molecule has 0 aromatic heterocycles. The maximum Gasteiger partial charge on any atom is 0.295 e. The molecule has 4 nitrogen and oxygen atoms in total. The molecule has 2 aromatic carbocycles.